The third-order valence-electron chi connectivity index (χ3n) is 8.50. The molecule has 3 heterocycles. The van der Waals surface area contributed by atoms with Crippen LogP contribution in [0.15, 0.2) is 125 Å². The maximum atomic E-state index is 4.88. The molecule has 45 heavy (non-hydrogen) atoms. The van der Waals surface area contributed by atoms with Gasteiger partial charge in [0.05, 0.1) is 18.0 Å². The standard InChI is InChI=1S/C39H30N4S.Pt/c1-26-10-8-11-27(2)39(26)28-20-21-40-38(22-28)43-34-15-5-4-14-32(34)33-19-18-31(24-37(33)43)44-30-13-9-12-29(23-30)42-25-41(3)35-16-6-7-17-36(35)42;/h4-22H,25H2,1-3H3;/q-2;+2. The molecule has 4 nitrogen and oxygen atoms in total. The zero-order valence-corrected chi connectivity index (χ0v) is 28.3. The van der Waals surface area contributed by atoms with Crippen LogP contribution in [-0.4, -0.2) is 23.3 Å². The number of aryl methyl sites for hydroxylation is 2. The average molecular weight is 782 g/mol. The summed E-state index contributed by atoms with van der Waals surface area (Å²) in [6.45, 7) is 5.15. The molecule has 1 aliphatic heterocycles. The fourth-order valence-electron chi connectivity index (χ4n) is 6.49. The van der Waals surface area contributed by atoms with Crippen molar-refractivity contribution in [3.05, 3.63) is 139 Å². The first-order valence-electron chi connectivity index (χ1n) is 14.8. The molecule has 1 aliphatic rings. The van der Waals surface area contributed by atoms with Gasteiger partial charge >= 0.3 is 21.1 Å². The second kappa shape index (κ2) is 11.9. The largest absolute Gasteiger partial charge is 2.00 e. The van der Waals surface area contributed by atoms with Crippen molar-refractivity contribution in [1.82, 2.24) is 9.55 Å². The molecular formula is C39H30N4PtS. The Morgan fingerprint density at radius 3 is 2.29 bits per heavy atom. The summed E-state index contributed by atoms with van der Waals surface area (Å²) in [6, 6.07) is 46.1. The van der Waals surface area contributed by atoms with Crippen LogP contribution in [0.25, 0.3) is 38.8 Å². The number of rotatable bonds is 5. The molecule has 6 heteroatoms. The molecule has 0 saturated carbocycles. The molecule has 0 amide bonds. The quantitative estimate of drug-likeness (QED) is 0.163. The fourth-order valence-corrected chi connectivity index (χ4v) is 7.32. The predicted molar refractivity (Wildman–Crippen MR) is 184 cm³/mol. The Labute approximate surface area is 282 Å². The van der Waals surface area contributed by atoms with E-state index in [-0.39, 0.29) is 21.1 Å². The van der Waals surface area contributed by atoms with Crippen molar-refractivity contribution in [2.24, 2.45) is 0 Å². The number of pyridine rings is 1. The van der Waals surface area contributed by atoms with Crippen LogP contribution in [0.4, 0.5) is 17.1 Å². The molecule has 0 spiro atoms. The first-order chi connectivity index (χ1) is 21.5. The summed E-state index contributed by atoms with van der Waals surface area (Å²) < 4.78 is 2.25. The number of hydrogen-bond donors (Lipinski definition) is 0. The van der Waals surface area contributed by atoms with E-state index in [4.69, 9.17) is 4.98 Å². The van der Waals surface area contributed by atoms with E-state index in [9.17, 15) is 0 Å². The van der Waals surface area contributed by atoms with Crippen LogP contribution in [0.3, 0.4) is 0 Å². The minimum atomic E-state index is 0. The smallest absolute Gasteiger partial charge is 0.355 e. The molecule has 0 atom stereocenters. The predicted octanol–water partition coefficient (Wildman–Crippen LogP) is 9.76. The Hall–Kier alpha value is -4.31. The van der Waals surface area contributed by atoms with Crippen LogP contribution >= 0.6 is 11.8 Å². The minimum Gasteiger partial charge on any atom is -0.355 e. The molecule has 0 N–H and O–H groups in total. The Kier molecular flexibility index (Phi) is 7.77. The maximum absolute atomic E-state index is 4.88. The number of hydrogen-bond acceptors (Lipinski definition) is 4. The number of nitrogens with zero attached hydrogens (tertiary/aromatic N) is 4. The molecule has 0 fully saturated rings. The van der Waals surface area contributed by atoms with E-state index in [1.165, 1.54) is 44.4 Å². The van der Waals surface area contributed by atoms with Crippen molar-refractivity contribution in [1.29, 1.82) is 0 Å². The second-order valence-corrected chi connectivity index (χ2v) is 12.4. The fraction of sp³-hybridized carbons (Fsp3) is 0.103. The summed E-state index contributed by atoms with van der Waals surface area (Å²) in [7, 11) is 2.13. The Morgan fingerprint density at radius 2 is 1.44 bits per heavy atom. The molecular weight excluding hydrogens is 752 g/mol. The van der Waals surface area contributed by atoms with Gasteiger partial charge in [-0.3, -0.25) is 0 Å². The van der Waals surface area contributed by atoms with Gasteiger partial charge < -0.3 is 14.4 Å². The molecule has 0 saturated heterocycles. The van der Waals surface area contributed by atoms with E-state index in [1.54, 1.807) is 11.8 Å². The molecule has 222 valence electrons. The van der Waals surface area contributed by atoms with Gasteiger partial charge in [-0.15, -0.1) is 45.1 Å². The van der Waals surface area contributed by atoms with Gasteiger partial charge in [-0.05, 0) is 71.8 Å². The zero-order valence-electron chi connectivity index (χ0n) is 25.2. The topological polar surface area (TPSA) is 24.3 Å². The number of para-hydroxylation sites is 3. The van der Waals surface area contributed by atoms with Gasteiger partial charge in [-0.1, -0.05) is 59.7 Å². The van der Waals surface area contributed by atoms with Crippen molar-refractivity contribution in [3.63, 3.8) is 0 Å². The van der Waals surface area contributed by atoms with Crippen LogP contribution in [0, 0.1) is 26.0 Å². The van der Waals surface area contributed by atoms with E-state index in [2.05, 4.69) is 157 Å². The molecule has 8 rings (SSSR count). The summed E-state index contributed by atoms with van der Waals surface area (Å²) in [4.78, 5) is 11.6. The third kappa shape index (κ3) is 5.14. The van der Waals surface area contributed by atoms with Gasteiger partial charge in [0.25, 0.3) is 0 Å². The molecule has 0 bridgehead atoms. The minimum absolute atomic E-state index is 0. The van der Waals surface area contributed by atoms with E-state index in [0.717, 1.165) is 39.0 Å². The van der Waals surface area contributed by atoms with Crippen molar-refractivity contribution in [3.8, 4) is 16.9 Å². The molecule has 5 aromatic carbocycles. The SMILES string of the molecule is Cc1cccc(C)c1-c1ccnc(-n2c3[c-]c(Sc4[c-]c(N5CN(C)c6ccccc65)ccc4)ccc3c3ccccc32)c1.[Pt+2]. The van der Waals surface area contributed by atoms with Gasteiger partial charge in [0.1, 0.15) is 5.82 Å². The van der Waals surface area contributed by atoms with Gasteiger partial charge in [-0.25, -0.2) is 4.98 Å². The van der Waals surface area contributed by atoms with E-state index in [0.29, 0.717) is 0 Å². The van der Waals surface area contributed by atoms with Crippen molar-refractivity contribution in [2.75, 3.05) is 23.5 Å². The van der Waals surface area contributed by atoms with Crippen LogP contribution in [-0.2, 0) is 21.1 Å². The summed E-state index contributed by atoms with van der Waals surface area (Å²) in [6.07, 6.45) is 1.92. The Morgan fingerprint density at radius 1 is 0.711 bits per heavy atom. The van der Waals surface area contributed by atoms with E-state index < -0.39 is 0 Å². The normalized spacial score (nSPS) is 12.5. The monoisotopic (exact) mass is 781 g/mol. The van der Waals surface area contributed by atoms with Gasteiger partial charge in [0.2, 0.25) is 0 Å². The summed E-state index contributed by atoms with van der Waals surface area (Å²) in [5.74, 6) is 0.889. The van der Waals surface area contributed by atoms with Crippen molar-refractivity contribution < 1.29 is 21.1 Å². The third-order valence-corrected chi connectivity index (χ3v) is 9.42. The maximum Gasteiger partial charge on any atom is 2.00 e. The number of anilines is 3. The van der Waals surface area contributed by atoms with Crippen LogP contribution in [0.1, 0.15) is 11.1 Å². The molecule has 0 aliphatic carbocycles. The van der Waals surface area contributed by atoms with Crippen molar-refractivity contribution in [2.45, 2.75) is 23.6 Å². The average Bonchev–Trinajstić information content (AvgIpc) is 3.56. The molecule has 0 unspecified atom stereocenters. The van der Waals surface area contributed by atoms with E-state index in [1.807, 2.05) is 6.20 Å². The second-order valence-electron chi connectivity index (χ2n) is 11.4. The van der Waals surface area contributed by atoms with Gasteiger partial charge in [0.15, 0.2) is 0 Å². The van der Waals surface area contributed by atoms with E-state index >= 15 is 0 Å². The van der Waals surface area contributed by atoms with Crippen LogP contribution in [0.2, 0.25) is 0 Å². The number of fused-ring (bicyclic) bond motifs is 4. The van der Waals surface area contributed by atoms with Gasteiger partial charge in [0, 0.05) is 18.8 Å². The Bertz CT molecular complexity index is 2180. The molecule has 2 aromatic heterocycles. The van der Waals surface area contributed by atoms with Crippen LogP contribution < -0.4 is 9.80 Å². The summed E-state index contributed by atoms with van der Waals surface area (Å²) in [5.41, 5.74) is 10.6. The molecule has 0 radical (unpaired) electrons. The van der Waals surface area contributed by atoms with Gasteiger partial charge in [-0.2, -0.15) is 24.3 Å². The zero-order chi connectivity index (χ0) is 29.8. The van der Waals surface area contributed by atoms with Crippen molar-refractivity contribution >= 4 is 50.6 Å². The first-order valence-corrected chi connectivity index (χ1v) is 15.6. The van der Waals surface area contributed by atoms with Crippen LogP contribution in [0.5, 0.6) is 0 Å². The Balaban J connectivity index is 0.00000325. The first kappa shape index (κ1) is 29.4. The molecule has 7 aromatic rings. The number of aromatic nitrogens is 2. The number of benzene rings is 5. The summed E-state index contributed by atoms with van der Waals surface area (Å²) in [5, 5.41) is 2.36. The summed E-state index contributed by atoms with van der Waals surface area (Å²) >= 11 is 1.69.